The van der Waals surface area contributed by atoms with Crippen molar-refractivity contribution in [3.8, 4) is 23.0 Å². The number of H-pyrrole nitrogens is 1. The quantitative estimate of drug-likeness (QED) is 0.888. The summed E-state index contributed by atoms with van der Waals surface area (Å²) in [5.41, 5.74) is 0.258. The lowest BCUT2D eigenvalue weighted by Gasteiger charge is -2.04. The monoisotopic (exact) mass is 296 g/mol. The second-order valence-corrected chi connectivity index (χ2v) is 4.07. The van der Waals surface area contributed by atoms with Crippen LogP contribution in [-0.4, -0.2) is 22.2 Å². The first-order chi connectivity index (χ1) is 8.11. The molecule has 6 heteroatoms. The number of nitrogens with one attached hydrogen (secondary N) is 1. The maximum absolute atomic E-state index is 11.4. The van der Waals surface area contributed by atoms with Gasteiger partial charge in [0.1, 0.15) is 16.0 Å². The van der Waals surface area contributed by atoms with Gasteiger partial charge in [-0.1, -0.05) is 0 Å². The van der Waals surface area contributed by atoms with E-state index < -0.39 is 5.56 Å². The van der Waals surface area contributed by atoms with Crippen molar-refractivity contribution in [1.82, 2.24) is 9.97 Å². The summed E-state index contributed by atoms with van der Waals surface area (Å²) < 4.78 is 5.05. The third-order valence-electron chi connectivity index (χ3n) is 2.21. The van der Waals surface area contributed by atoms with Crippen LogP contribution < -0.4 is 10.3 Å². The molecule has 0 aliphatic rings. The Hall–Kier alpha value is -1.82. The first-order valence-electron chi connectivity index (χ1n) is 4.75. The number of benzene rings is 1. The van der Waals surface area contributed by atoms with Crippen LogP contribution in [-0.2, 0) is 0 Å². The number of hydrogen-bond donors (Lipinski definition) is 2. The van der Waals surface area contributed by atoms with Crippen LogP contribution in [0.1, 0.15) is 0 Å². The van der Waals surface area contributed by atoms with Crippen molar-refractivity contribution in [1.29, 1.82) is 0 Å². The first kappa shape index (κ1) is 11.7. The van der Waals surface area contributed by atoms with E-state index in [2.05, 4.69) is 25.9 Å². The molecule has 0 saturated heterocycles. The maximum atomic E-state index is 11.4. The molecule has 1 aromatic carbocycles. The van der Waals surface area contributed by atoms with Crippen LogP contribution in [0.4, 0.5) is 0 Å². The Labute approximate surface area is 105 Å². The Balaban J connectivity index is 2.49. The van der Waals surface area contributed by atoms with Crippen molar-refractivity contribution in [3.63, 3.8) is 0 Å². The van der Waals surface area contributed by atoms with Gasteiger partial charge in [-0.3, -0.25) is 4.79 Å². The number of rotatable bonds is 2. The molecule has 0 aliphatic heterocycles. The number of hydrogen-bond acceptors (Lipinski definition) is 4. The zero-order valence-corrected chi connectivity index (χ0v) is 10.5. The van der Waals surface area contributed by atoms with Crippen molar-refractivity contribution in [2.75, 3.05) is 7.11 Å². The molecule has 17 heavy (non-hydrogen) atoms. The number of methoxy groups -OCH3 is 1. The predicted molar refractivity (Wildman–Crippen MR) is 66.2 cm³/mol. The van der Waals surface area contributed by atoms with Gasteiger partial charge in [0.15, 0.2) is 0 Å². The van der Waals surface area contributed by atoms with Gasteiger partial charge in [0, 0.05) is 5.56 Å². The van der Waals surface area contributed by atoms with Gasteiger partial charge >= 0.3 is 0 Å². The number of aromatic amines is 1. The fraction of sp³-hybridized carbons (Fsp3) is 0.0909. The summed E-state index contributed by atoms with van der Waals surface area (Å²) >= 11 is 2.93. The Morgan fingerprint density at radius 1 is 1.35 bits per heavy atom. The van der Waals surface area contributed by atoms with Crippen LogP contribution in [0.15, 0.2) is 33.5 Å². The lowest BCUT2D eigenvalue weighted by atomic mass is 10.2. The average molecular weight is 297 g/mol. The second-order valence-electron chi connectivity index (χ2n) is 3.28. The van der Waals surface area contributed by atoms with Gasteiger partial charge in [-0.05, 0) is 40.2 Å². The smallest absolute Gasteiger partial charge is 0.269 e. The molecule has 0 spiro atoms. The average Bonchev–Trinajstić information content (AvgIpc) is 2.35. The first-order valence-corrected chi connectivity index (χ1v) is 5.54. The molecule has 0 aliphatic carbocycles. The number of aromatic hydroxyl groups is 1. The fourth-order valence-corrected chi connectivity index (χ4v) is 1.52. The van der Waals surface area contributed by atoms with Crippen molar-refractivity contribution < 1.29 is 9.84 Å². The summed E-state index contributed by atoms with van der Waals surface area (Å²) in [6.07, 6.45) is 0. The van der Waals surface area contributed by atoms with Gasteiger partial charge in [-0.15, -0.1) is 0 Å². The van der Waals surface area contributed by atoms with E-state index >= 15 is 0 Å². The second kappa shape index (κ2) is 4.58. The number of ether oxygens (including phenoxy) is 1. The number of halogens is 1. The van der Waals surface area contributed by atoms with E-state index in [0.717, 1.165) is 0 Å². The van der Waals surface area contributed by atoms with E-state index in [1.165, 1.54) is 0 Å². The van der Waals surface area contributed by atoms with Crippen LogP contribution >= 0.6 is 15.9 Å². The van der Waals surface area contributed by atoms with Gasteiger partial charge in [0.05, 0.1) is 7.11 Å². The van der Waals surface area contributed by atoms with E-state index in [0.29, 0.717) is 17.1 Å². The summed E-state index contributed by atoms with van der Waals surface area (Å²) in [7, 11) is 1.57. The molecular formula is C11H9BrN2O3. The molecule has 0 atom stereocenters. The minimum atomic E-state index is -0.427. The van der Waals surface area contributed by atoms with E-state index in [-0.39, 0.29) is 10.4 Å². The molecule has 88 valence electrons. The van der Waals surface area contributed by atoms with Crippen LogP contribution in [0.5, 0.6) is 11.6 Å². The number of nitrogens with zero attached hydrogens (tertiary/aromatic N) is 1. The third-order valence-corrected chi connectivity index (χ3v) is 2.92. The highest BCUT2D eigenvalue weighted by Gasteiger charge is 2.08. The molecule has 0 saturated carbocycles. The predicted octanol–water partition coefficient (Wildman–Crippen LogP) is 1.91. The highest BCUT2D eigenvalue weighted by molar-refractivity contribution is 9.10. The Kier molecular flexibility index (Phi) is 3.14. The Bertz CT molecular complexity index is 593. The van der Waals surface area contributed by atoms with Crippen LogP contribution in [0, 0.1) is 0 Å². The van der Waals surface area contributed by atoms with Gasteiger partial charge in [0.25, 0.3) is 5.56 Å². The molecular weight excluding hydrogens is 288 g/mol. The molecule has 0 bridgehead atoms. The summed E-state index contributed by atoms with van der Waals surface area (Å²) in [6.45, 7) is 0. The lowest BCUT2D eigenvalue weighted by Crippen LogP contribution is -2.09. The van der Waals surface area contributed by atoms with Gasteiger partial charge in [0.2, 0.25) is 5.88 Å². The largest absolute Gasteiger partial charge is 0.497 e. The molecule has 2 aromatic rings. The summed E-state index contributed by atoms with van der Waals surface area (Å²) in [5.74, 6) is 0.676. The van der Waals surface area contributed by atoms with Crippen molar-refractivity contribution in [2.45, 2.75) is 0 Å². The molecule has 2 N–H and O–H groups in total. The molecule has 0 fully saturated rings. The van der Waals surface area contributed by atoms with Crippen molar-refractivity contribution >= 4 is 15.9 Å². The highest BCUT2D eigenvalue weighted by Crippen LogP contribution is 2.22. The number of aromatic nitrogens is 2. The van der Waals surface area contributed by atoms with E-state index in [1.54, 1.807) is 31.4 Å². The van der Waals surface area contributed by atoms with Gasteiger partial charge in [-0.2, -0.15) is 4.98 Å². The van der Waals surface area contributed by atoms with E-state index in [4.69, 9.17) is 4.74 Å². The normalized spacial score (nSPS) is 10.2. The summed E-state index contributed by atoms with van der Waals surface area (Å²) in [5, 5.41) is 9.44. The molecule has 0 amide bonds. The highest BCUT2D eigenvalue weighted by atomic mass is 79.9. The molecule has 5 nitrogen and oxygen atoms in total. The zero-order chi connectivity index (χ0) is 12.4. The molecule has 0 radical (unpaired) electrons. The Morgan fingerprint density at radius 3 is 2.53 bits per heavy atom. The Morgan fingerprint density at radius 2 is 2.00 bits per heavy atom. The van der Waals surface area contributed by atoms with E-state index in [1.807, 2.05) is 0 Å². The summed E-state index contributed by atoms with van der Waals surface area (Å²) in [6, 6.07) is 6.97. The minimum absolute atomic E-state index is 0.0229. The zero-order valence-electron chi connectivity index (χ0n) is 8.90. The van der Waals surface area contributed by atoms with Crippen molar-refractivity contribution in [2.24, 2.45) is 0 Å². The molecule has 0 unspecified atom stereocenters. The van der Waals surface area contributed by atoms with Crippen LogP contribution in [0.3, 0.4) is 0 Å². The molecule has 2 rings (SSSR count). The third kappa shape index (κ3) is 2.31. The SMILES string of the molecule is COc1ccc(-c2nc(O)c(Br)c(=O)[nH]2)cc1. The van der Waals surface area contributed by atoms with E-state index in [9.17, 15) is 9.90 Å². The topological polar surface area (TPSA) is 75.2 Å². The van der Waals surface area contributed by atoms with Crippen molar-refractivity contribution in [3.05, 3.63) is 39.1 Å². The standard InChI is InChI=1S/C11H9BrN2O3/c1-17-7-4-2-6(3-5-7)9-13-10(15)8(12)11(16)14-9/h2-5H,1H3,(H2,13,14,15,16). The maximum Gasteiger partial charge on any atom is 0.269 e. The van der Waals surface area contributed by atoms with Gasteiger partial charge < -0.3 is 14.8 Å². The minimum Gasteiger partial charge on any atom is -0.497 e. The van der Waals surface area contributed by atoms with Gasteiger partial charge in [-0.25, -0.2) is 0 Å². The molecule has 1 aromatic heterocycles. The van der Waals surface area contributed by atoms with Crippen LogP contribution in [0.2, 0.25) is 0 Å². The lowest BCUT2D eigenvalue weighted by molar-refractivity contribution is 0.415. The fourth-order valence-electron chi connectivity index (χ4n) is 1.33. The van der Waals surface area contributed by atoms with Crippen LogP contribution in [0.25, 0.3) is 11.4 Å². The summed E-state index contributed by atoms with van der Waals surface area (Å²) in [4.78, 5) is 17.9. The molecule has 1 heterocycles.